The molecule has 4 aromatic rings. The largest absolute Gasteiger partial charge is 0.496 e. The Morgan fingerprint density at radius 3 is 1.98 bits per heavy atom. The molecule has 300 valence electrons. The van der Waals surface area contributed by atoms with Crippen LogP contribution in [-0.2, 0) is 16.8 Å². The van der Waals surface area contributed by atoms with E-state index in [-0.39, 0.29) is 17.6 Å². The number of unbranched alkanes of at least 4 members (excludes halogenated alkanes) is 4. The molecule has 9 heteroatoms. The predicted molar refractivity (Wildman–Crippen MR) is 225 cm³/mol. The van der Waals surface area contributed by atoms with Gasteiger partial charge in [-0.15, -0.1) is 0 Å². The van der Waals surface area contributed by atoms with Crippen molar-refractivity contribution < 1.29 is 19.1 Å². The van der Waals surface area contributed by atoms with Gasteiger partial charge in [-0.2, -0.15) is 5.26 Å². The quantitative estimate of drug-likeness (QED) is 0.0729. The van der Waals surface area contributed by atoms with E-state index in [4.69, 9.17) is 15.2 Å². The summed E-state index contributed by atoms with van der Waals surface area (Å²) in [5.41, 5.74) is 9.58. The van der Waals surface area contributed by atoms with E-state index >= 15 is 0 Å². The van der Waals surface area contributed by atoms with E-state index in [0.29, 0.717) is 23.7 Å². The highest BCUT2D eigenvalue weighted by atomic mass is 16.5. The van der Waals surface area contributed by atoms with E-state index in [1.165, 1.54) is 0 Å². The SMILES string of the molecule is COc1cccc(OC)c1CN1CCC(N(CCCCCCCN2CCC(C(C(N)=O)(c3ccccc3)c3ccccc3)C2)CC(=O)c2cccc(C#N)c2)CC1. The van der Waals surface area contributed by atoms with Crippen molar-refractivity contribution in [2.75, 3.05) is 60.0 Å². The van der Waals surface area contributed by atoms with E-state index in [2.05, 4.69) is 20.8 Å². The monoisotopic (exact) mass is 769 g/mol. The number of carbonyl (C=O) groups is 2. The van der Waals surface area contributed by atoms with Crippen molar-refractivity contribution in [3.63, 3.8) is 0 Å². The number of likely N-dealkylation sites (tertiary alicyclic amines) is 2. The van der Waals surface area contributed by atoms with E-state index in [1.807, 2.05) is 84.9 Å². The summed E-state index contributed by atoms with van der Waals surface area (Å²) in [6.45, 7) is 6.65. The second kappa shape index (κ2) is 20.4. The Labute approximate surface area is 339 Å². The number of rotatable bonds is 20. The number of piperidine rings is 1. The number of carbonyl (C=O) groups excluding carboxylic acids is 2. The van der Waals surface area contributed by atoms with Crippen LogP contribution < -0.4 is 15.2 Å². The van der Waals surface area contributed by atoms with Crippen LogP contribution in [0.3, 0.4) is 0 Å². The van der Waals surface area contributed by atoms with Crippen LogP contribution in [0, 0.1) is 17.2 Å². The number of benzene rings is 4. The van der Waals surface area contributed by atoms with Crippen molar-refractivity contribution in [1.29, 1.82) is 5.26 Å². The number of hydrogen-bond donors (Lipinski definition) is 1. The van der Waals surface area contributed by atoms with Gasteiger partial charge in [0.25, 0.3) is 0 Å². The van der Waals surface area contributed by atoms with E-state index < -0.39 is 5.41 Å². The topological polar surface area (TPSA) is 112 Å². The number of Topliss-reactive ketones (excluding diaryl/α,β-unsaturated/α-hetero) is 1. The zero-order valence-electron chi connectivity index (χ0n) is 33.8. The lowest BCUT2D eigenvalue weighted by Crippen LogP contribution is -2.49. The minimum Gasteiger partial charge on any atom is -0.496 e. The first-order chi connectivity index (χ1) is 27.9. The Bertz CT molecular complexity index is 1880. The standard InChI is InChI=1S/C48H59N5O4/c1-56-45-22-15-23-46(57-2)43(45)35-52-30-25-42(26-31-52)53(36-44(54)38-17-14-16-37(32-38)33-49)28-13-5-3-4-12-27-51-29-24-41(34-51)48(47(50)55,39-18-8-6-9-19-39)40-20-10-7-11-21-40/h6-11,14-23,32,41-42H,3-5,12-13,24-31,34-36H2,1-2H3,(H2,50,55). The van der Waals surface area contributed by atoms with Gasteiger partial charge in [-0.25, -0.2) is 0 Å². The van der Waals surface area contributed by atoms with Crippen molar-refractivity contribution >= 4 is 11.7 Å². The van der Waals surface area contributed by atoms with Crippen molar-refractivity contribution in [1.82, 2.24) is 14.7 Å². The molecule has 9 nitrogen and oxygen atoms in total. The molecule has 57 heavy (non-hydrogen) atoms. The first kappa shape index (κ1) is 41.6. The summed E-state index contributed by atoms with van der Waals surface area (Å²) in [6, 6.07) is 35.6. The van der Waals surface area contributed by atoms with Gasteiger partial charge < -0.3 is 20.1 Å². The Morgan fingerprint density at radius 1 is 0.772 bits per heavy atom. The van der Waals surface area contributed by atoms with Gasteiger partial charge in [-0.3, -0.25) is 19.4 Å². The van der Waals surface area contributed by atoms with Gasteiger partial charge in [0.1, 0.15) is 16.9 Å². The lowest BCUT2D eigenvalue weighted by molar-refractivity contribution is -0.123. The lowest BCUT2D eigenvalue weighted by Gasteiger charge is -2.38. The van der Waals surface area contributed by atoms with E-state index in [1.54, 1.807) is 32.4 Å². The Hall–Kier alpha value is -5.01. The first-order valence-electron chi connectivity index (χ1n) is 20.7. The number of nitriles is 1. The molecule has 0 radical (unpaired) electrons. The average molecular weight is 770 g/mol. The number of hydrogen-bond acceptors (Lipinski definition) is 8. The number of ether oxygens (including phenoxy) is 2. The molecule has 0 aliphatic carbocycles. The number of nitrogens with zero attached hydrogens (tertiary/aromatic N) is 4. The molecule has 2 heterocycles. The number of methoxy groups -OCH3 is 2. The average Bonchev–Trinajstić information content (AvgIpc) is 3.73. The van der Waals surface area contributed by atoms with Crippen molar-refractivity contribution in [3.05, 3.63) is 131 Å². The van der Waals surface area contributed by atoms with Crippen LogP contribution in [0.1, 0.15) is 84.0 Å². The van der Waals surface area contributed by atoms with Gasteiger partial charge >= 0.3 is 0 Å². The number of primary amides is 1. The van der Waals surface area contributed by atoms with Crippen molar-refractivity contribution in [2.45, 2.75) is 69.4 Å². The highest BCUT2D eigenvalue weighted by molar-refractivity contribution is 5.98. The summed E-state index contributed by atoms with van der Waals surface area (Å²) in [6.07, 6.45) is 8.42. The maximum Gasteiger partial charge on any atom is 0.232 e. The molecular formula is C48H59N5O4. The minimum absolute atomic E-state index is 0.0667. The molecule has 1 atom stereocenters. The molecule has 2 aliphatic rings. The van der Waals surface area contributed by atoms with Crippen molar-refractivity contribution in [2.24, 2.45) is 11.7 Å². The van der Waals surface area contributed by atoms with Gasteiger partial charge in [-0.05, 0) is 106 Å². The summed E-state index contributed by atoms with van der Waals surface area (Å²) in [7, 11) is 3.40. The second-order valence-electron chi connectivity index (χ2n) is 15.7. The number of ketones is 1. The fourth-order valence-corrected chi connectivity index (χ4v) is 9.27. The normalized spacial score (nSPS) is 16.7. The fraction of sp³-hybridized carbons (Fsp3) is 0.438. The van der Waals surface area contributed by atoms with Gasteiger partial charge in [-0.1, -0.05) is 98.1 Å². The van der Waals surface area contributed by atoms with Crippen LogP contribution >= 0.6 is 0 Å². The molecule has 2 N–H and O–H groups in total. The molecule has 2 saturated heterocycles. The molecule has 0 aromatic heterocycles. The number of amides is 1. The van der Waals surface area contributed by atoms with Crippen LogP contribution in [0.15, 0.2) is 103 Å². The molecule has 2 aliphatic heterocycles. The van der Waals surface area contributed by atoms with Crippen LogP contribution in [0.25, 0.3) is 0 Å². The minimum atomic E-state index is -0.858. The summed E-state index contributed by atoms with van der Waals surface area (Å²) in [5.74, 6) is 1.56. The van der Waals surface area contributed by atoms with Crippen LogP contribution in [0.4, 0.5) is 0 Å². The van der Waals surface area contributed by atoms with Gasteiger partial charge in [0.2, 0.25) is 5.91 Å². The molecule has 2 fully saturated rings. The van der Waals surface area contributed by atoms with Crippen molar-refractivity contribution in [3.8, 4) is 17.6 Å². The Balaban J connectivity index is 1.00. The third-order valence-electron chi connectivity index (χ3n) is 12.3. The predicted octanol–water partition coefficient (Wildman–Crippen LogP) is 7.47. The lowest BCUT2D eigenvalue weighted by atomic mass is 9.64. The molecular weight excluding hydrogens is 711 g/mol. The maximum atomic E-state index is 13.6. The first-order valence-corrected chi connectivity index (χ1v) is 20.7. The molecule has 1 amide bonds. The zero-order chi connectivity index (χ0) is 40.0. The van der Waals surface area contributed by atoms with E-state index in [9.17, 15) is 14.9 Å². The molecule has 0 saturated carbocycles. The second-order valence-corrected chi connectivity index (χ2v) is 15.7. The van der Waals surface area contributed by atoms with Gasteiger partial charge in [0, 0.05) is 24.7 Å². The smallest absolute Gasteiger partial charge is 0.232 e. The molecule has 1 unspecified atom stereocenters. The highest BCUT2D eigenvalue weighted by Gasteiger charge is 2.49. The molecule has 0 spiro atoms. The number of nitrogens with two attached hydrogens (primary N) is 1. The third-order valence-corrected chi connectivity index (χ3v) is 12.3. The summed E-state index contributed by atoms with van der Waals surface area (Å²) < 4.78 is 11.3. The van der Waals surface area contributed by atoms with Crippen LogP contribution in [-0.4, -0.2) is 92.5 Å². The summed E-state index contributed by atoms with van der Waals surface area (Å²) in [4.78, 5) is 34.4. The zero-order valence-corrected chi connectivity index (χ0v) is 33.8. The molecule has 0 bridgehead atoms. The maximum absolute atomic E-state index is 13.6. The summed E-state index contributed by atoms with van der Waals surface area (Å²) >= 11 is 0. The molecule has 4 aromatic carbocycles. The van der Waals surface area contributed by atoms with Crippen LogP contribution in [0.2, 0.25) is 0 Å². The molecule has 6 rings (SSSR count). The van der Waals surface area contributed by atoms with Gasteiger partial charge in [0.15, 0.2) is 5.78 Å². The highest BCUT2D eigenvalue weighted by Crippen LogP contribution is 2.43. The van der Waals surface area contributed by atoms with Gasteiger partial charge in [0.05, 0.1) is 38.0 Å². The van der Waals surface area contributed by atoms with Crippen LogP contribution in [0.5, 0.6) is 11.5 Å². The Kier molecular flexibility index (Phi) is 14.9. The Morgan fingerprint density at radius 2 is 1.37 bits per heavy atom. The van der Waals surface area contributed by atoms with E-state index in [0.717, 1.165) is 125 Å². The third kappa shape index (κ3) is 10.1. The summed E-state index contributed by atoms with van der Waals surface area (Å²) in [5, 5.41) is 9.43. The fourth-order valence-electron chi connectivity index (χ4n) is 9.27.